The molecule has 0 saturated carbocycles. The third-order valence-corrected chi connectivity index (χ3v) is 4.53. The number of halogens is 1. The molecule has 0 fully saturated rings. The van der Waals surface area contributed by atoms with Crippen molar-refractivity contribution < 1.29 is 8.42 Å². The monoisotopic (exact) mass is 221 g/mol. The van der Waals surface area contributed by atoms with Crippen molar-refractivity contribution in [1.82, 2.24) is 0 Å². The Bertz CT molecular complexity index is 441. The molecule has 1 heterocycles. The second-order valence-corrected chi connectivity index (χ2v) is 5.90. The van der Waals surface area contributed by atoms with E-state index in [1.165, 1.54) is 6.07 Å². The zero-order valence-electron chi connectivity index (χ0n) is 6.04. The lowest BCUT2D eigenvalue weighted by Gasteiger charge is -1.90. The van der Waals surface area contributed by atoms with Gasteiger partial charge in [0.1, 0.15) is 4.21 Å². The third-order valence-electron chi connectivity index (χ3n) is 1.19. The van der Waals surface area contributed by atoms with Gasteiger partial charge >= 0.3 is 0 Å². The maximum atomic E-state index is 10.9. The number of rotatable bonds is 1. The first-order valence-corrected chi connectivity index (χ1v) is 6.00. The molecule has 64 valence electrons. The van der Waals surface area contributed by atoms with Gasteiger partial charge in [-0.2, -0.15) is 0 Å². The van der Waals surface area contributed by atoms with Gasteiger partial charge in [0.15, 0.2) is 0 Å². The van der Waals surface area contributed by atoms with Crippen molar-refractivity contribution in [2.75, 3.05) is 0 Å². The molecule has 0 aliphatic rings. The first-order valence-electron chi connectivity index (χ1n) is 2.87. The topological polar surface area (TPSA) is 38.5 Å². The van der Waals surface area contributed by atoms with E-state index in [4.69, 9.17) is 17.3 Å². The maximum Gasteiger partial charge on any atom is 0.269 e. The van der Waals surface area contributed by atoms with Crippen LogP contribution in [0.25, 0.3) is 4.85 Å². The molecule has 0 radical (unpaired) electrons. The predicted octanol–water partition coefficient (Wildman–Crippen LogP) is 2.53. The molecule has 0 N–H and O–H groups in total. The molecule has 0 aliphatic heterocycles. The molecular formula is C6H4ClNO2S2. The summed E-state index contributed by atoms with van der Waals surface area (Å²) in [5, 5.41) is 0.340. The van der Waals surface area contributed by atoms with Crippen LogP contribution in [0.5, 0.6) is 0 Å². The molecule has 1 rings (SSSR count). The van der Waals surface area contributed by atoms with Crippen LogP contribution in [0.3, 0.4) is 0 Å². The van der Waals surface area contributed by atoms with E-state index < -0.39 is 9.05 Å². The van der Waals surface area contributed by atoms with Crippen molar-refractivity contribution >= 4 is 36.1 Å². The summed E-state index contributed by atoms with van der Waals surface area (Å²) in [6, 6.07) is 1.51. The molecule has 3 nitrogen and oxygen atoms in total. The summed E-state index contributed by atoms with van der Waals surface area (Å²) >= 11 is 0.892. The van der Waals surface area contributed by atoms with E-state index in [1.54, 1.807) is 6.92 Å². The molecular weight excluding hydrogens is 218 g/mol. The number of hydrogen-bond donors (Lipinski definition) is 0. The van der Waals surface area contributed by atoms with Gasteiger partial charge in [-0.15, -0.1) is 11.3 Å². The zero-order chi connectivity index (χ0) is 9.35. The first-order chi connectivity index (χ1) is 5.45. The first kappa shape index (κ1) is 9.52. The molecule has 0 unspecified atom stereocenters. The van der Waals surface area contributed by atoms with Crippen molar-refractivity contribution in [1.29, 1.82) is 0 Å². The van der Waals surface area contributed by atoms with Crippen molar-refractivity contribution in [2.45, 2.75) is 11.1 Å². The number of nitrogens with zero attached hydrogens (tertiary/aromatic N) is 1. The summed E-state index contributed by atoms with van der Waals surface area (Å²) in [6.07, 6.45) is 0. The molecule has 0 atom stereocenters. The molecule has 6 heteroatoms. The minimum Gasteiger partial charge on any atom is -0.227 e. The van der Waals surface area contributed by atoms with E-state index in [0.29, 0.717) is 10.6 Å². The van der Waals surface area contributed by atoms with Gasteiger partial charge in [0, 0.05) is 10.7 Å². The largest absolute Gasteiger partial charge is 0.269 e. The average molecular weight is 222 g/mol. The summed E-state index contributed by atoms with van der Waals surface area (Å²) in [6.45, 7) is 8.27. The second kappa shape index (κ2) is 3.05. The molecule has 0 aromatic carbocycles. The second-order valence-electron chi connectivity index (χ2n) is 2.10. The lowest BCUT2D eigenvalue weighted by Crippen LogP contribution is -1.87. The van der Waals surface area contributed by atoms with Crippen LogP contribution in [0.2, 0.25) is 0 Å². The predicted molar refractivity (Wildman–Crippen MR) is 48.4 cm³/mol. The van der Waals surface area contributed by atoms with E-state index in [2.05, 4.69) is 4.85 Å². The van der Waals surface area contributed by atoms with E-state index in [9.17, 15) is 8.42 Å². The Kier molecular flexibility index (Phi) is 2.42. The molecule has 0 aliphatic carbocycles. The van der Waals surface area contributed by atoms with Gasteiger partial charge in [-0.3, -0.25) is 0 Å². The van der Waals surface area contributed by atoms with Crippen molar-refractivity contribution in [2.24, 2.45) is 0 Å². The quantitative estimate of drug-likeness (QED) is 0.540. The van der Waals surface area contributed by atoms with Crippen molar-refractivity contribution in [3.05, 3.63) is 23.0 Å². The normalized spacial score (nSPS) is 11.1. The van der Waals surface area contributed by atoms with E-state index >= 15 is 0 Å². The fourth-order valence-electron chi connectivity index (χ4n) is 0.746. The lowest BCUT2D eigenvalue weighted by atomic mass is 10.4. The number of hydrogen-bond acceptors (Lipinski definition) is 3. The maximum absolute atomic E-state index is 10.9. The van der Waals surface area contributed by atoms with Crippen molar-refractivity contribution in [3.63, 3.8) is 0 Å². The van der Waals surface area contributed by atoms with Crippen LogP contribution in [-0.2, 0) is 9.05 Å². The smallest absolute Gasteiger partial charge is 0.227 e. The van der Waals surface area contributed by atoms with Crippen LogP contribution in [0, 0.1) is 13.5 Å². The van der Waals surface area contributed by atoms with Gasteiger partial charge < -0.3 is 0 Å². The molecule has 0 bridgehead atoms. The van der Waals surface area contributed by atoms with Crippen LogP contribution in [0.15, 0.2) is 10.3 Å². The third kappa shape index (κ3) is 1.78. The highest BCUT2D eigenvalue weighted by Crippen LogP contribution is 2.34. The highest BCUT2D eigenvalue weighted by atomic mass is 35.7. The summed E-state index contributed by atoms with van der Waals surface area (Å²) in [4.78, 5) is 3.11. The van der Waals surface area contributed by atoms with E-state index in [0.717, 1.165) is 11.3 Å². The van der Waals surface area contributed by atoms with Crippen LogP contribution in [0.1, 0.15) is 5.56 Å². The fourth-order valence-corrected chi connectivity index (χ4v) is 3.18. The van der Waals surface area contributed by atoms with Gasteiger partial charge in [-0.25, -0.2) is 13.3 Å². The SMILES string of the molecule is [C-]#[N+]c1cc(C)c(S(=O)(=O)Cl)s1. The fraction of sp³-hybridized carbons (Fsp3) is 0.167. The van der Waals surface area contributed by atoms with Gasteiger partial charge in [0.05, 0.1) is 6.57 Å². The van der Waals surface area contributed by atoms with Gasteiger partial charge in [0.25, 0.3) is 9.05 Å². The molecule has 0 saturated heterocycles. The zero-order valence-corrected chi connectivity index (χ0v) is 8.42. The Balaban J connectivity index is 3.39. The number of thiophene rings is 1. The van der Waals surface area contributed by atoms with Gasteiger partial charge in [-0.1, -0.05) is 0 Å². The summed E-state index contributed by atoms with van der Waals surface area (Å²) in [7, 11) is 1.44. The average Bonchev–Trinajstić information content (AvgIpc) is 2.29. The van der Waals surface area contributed by atoms with Crippen molar-refractivity contribution in [3.8, 4) is 0 Å². The summed E-state index contributed by atoms with van der Waals surface area (Å²) < 4.78 is 21.8. The van der Waals surface area contributed by atoms with Crippen LogP contribution < -0.4 is 0 Å². The molecule has 1 aromatic rings. The lowest BCUT2D eigenvalue weighted by molar-refractivity contribution is 0.611. The molecule has 0 amide bonds. The van der Waals surface area contributed by atoms with E-state index in [1.807, 2.05) is 0 Å². The van der Waals surface area contributed by atoms with Crippen LogP contribution in [-0.4, -0.2) is 8.42 Å². The summed E-state index contributed by atoms with van der Waals surface area (Å²) in [5.41, 5.74) is 0.529. The van der Waals surface area contributed by atoms with Gasteiger partial charge in [0.2, 0.25) is 5.00 Å². The molecule has 12 heavy (non-hydrogen) atoms. The van der Waals surface area contributed by atoms with Crippen LogP contribution in [0.4, 0.5) is 5.00 Å². The molecule has 0 spiro atoms. The minimum absolute atomic E-state index is 0.0650. The number of aryl methyl sites for hydroxylation is 1. The van der Waals surface area contributed by atoms with E-state index in [-0.39, 0.29) is 4.21 Å². The van der Waals surface area contributed by atoms with Gasteiger partial charge in [-0.05, 0) is 18.6 Å². The highest BCUT2D eigenvalue weighted by Gasteiger charge is 2.16. The summed E-state index contributed by atoms with van der Waals surface area (Å²) in [5.74, 6) is 0. The minimum atomic E-state index is -3.68. The Hall–Kier alpha value is -0.570. The Morgan fingerprint density at radius 2 is 2.25 bits per heavy atom. The highest BCUT2D eigenvalue weighted by molar-refractivity contribution is 8.15. The Labute approximate surface area is 78.8 Å². The van der Waals surface area contributed by atoms with Crippen LogP contribution >= 0.6 is 22.0 Å². The Morgan fingerprint density at radius 3 is 2.50 bits per heavy atom. The molecule has 1 aromatic heterocycles. The standard InChI is InChI=1S/C6H4ClNO2S2/c1-4-3-5(8-2)11-6(4)12(7,9)10/h3H,1H3. The Morgan fingerprint density at radius 1 is 1.67 bits per heavy atom.